The van der Waals surface area contributed by atoms with E-state index in [1.165, 1.54) is 49.8 Å². The minimum atomic E-state index is 0.461. The Hall–Kier alpha value is -0.860. The molecule has 1 fully saturated rings. The van der Waals surface area contributed by atoms with Crippen molar-refractivity contribution in [2.24, 2.45) is 0 Å². The van der Waals surface area contributed by atoms with Gasteiger partial charge in [0.15, 0.2) is 0 Å². The average molecular weight is 288 g/mol. The molecule has 0 amide bonds. The first-order valence-corrected chi connectivity index (χ1v) is 8.78. The molecule has 0 radical (unpaired) electrons. The molecule has 0 bridgehead atoms. The Labute approximate surface area is 130 Å². The second kappa shape index (κ2) is 8.55. The number of likely N-dealkylation sites (tertiary alicyclic amines) is 1. The van der Waals surface area contributed by atoms with Gasteiger partial charge in [-0.05, 0) is 44.8 Å². The highest BCUT2D eigenvalue weighted by molar-refractivity contribution is 5.24. The summed E-state index contributed by atoms with van der Waals surface area (Å²) in [7, 11) is 0. The zero-order chi connectivity index (χ0) is 15.1. The van der Waals surface area contributed by atoms with Crippen molar-refractivity contribution in [1.29, 1.82) is 0 Å². The second-order valence-corrected chi connectivity index (χ2v) is 6.43. The van der Waals surface area contributed by atoms with Gasteiger partial charge in [-0.25, -0.2) is 0 Å². The van der Waals surface area contributed by atoms with E-state index in [2.05, 4.69) is 55.3 Å². The molecular formula is C19H32N2. The van der Waals surface area contributed by atoms with Gasteiger partial charge in [0.2, 0.25) is 0 Å². The Kier molecular flexibility index (Phi) is 6.72. The number of hydrogen-bond donors (Lipinski definition) is 1. The number of aryl methyl sites for hydroxylation is 1. The van der Waals surface area contributed by atoms with E-state index in [0.29, 0.717) is 6.04 Å². The second-order valence-electron chi connectivity index (χ2n) is 6.43. The summed E-state index contributed by atoms with van der Waals surface area (Å²) in [6.45, 7) is 10.2. The van der Waals surface area contributed by atoms with Crippen LogP contribution in [0, 0.1) is 6.92 Å². The van der Waals surface area contributed by atoms with Crippen LogP contribution in [-0.4, -0.2) is 30.6 Å². The molecule has 1 aliphatic rings. The van der Waals surface area contributed by atoms with E-state index in [0.717, 1.165) is 19.1 Å². The molecule has 0 aliphatic carbocycles. The molecule has 2 nitrogen and oxygen atoms in total. The summed E-state index contributed by atoms with van der Waals surface area (Å²) in [5.41, 5.74) is 2.77. The first-order chi connectivity index (χ1) is 10.2. The maximum atomic E-state index is 3.69. The standard InChI is InChI=1S/C19H32N2/c1-4-18-9-7-6-8-14-21(18)15-19(20-5-2)17-12-10-16(3)11-13-17/h10-13,18-20H,4-9,14-15H2,1-3H3. The summed E-state index contributed by atoms with van der Waals surface area (Å²) in [5, 5.41) is 3.69. The van der Waals surface area contributed by atoms with Gasteiger partial charge in [-0.15, -0.1) is 0 Å². The smallest absolute Gasteiger partial charge is 0.0449 e. The van der Waals surface area contributed by atoms with E-state index in [-0.39, 0.29) is 0 Å². The van der Waals surface area contributed by atoms with Gasteiger partial charge in [-0.3, -0.25) is 4.90 Å². The van der Waals surface area contributed by atoms with Crippen molar-refractivity contribution in [2.45, 2.75) is 65.0 Å². The largest absolute Gasteiger partial charge is 0.309 e. The number of rotatable bonds is 6. The van der Waals surface area contributed by atoms with E-state index < -0.39 is 0 Å². The Morgan fingerprint density at radius 2 is 1.90 bits per heavy atom. The number of nitrogens with one attached hydrogen (secondary N) is 1. The normalized spacial score (nSPS) is 22.0. The monoisotopic (exact) mass is 288 g/mol. The Bertz CT molecular complexity index is 399. The van der Waals surface area contributed by atoms with E-state index in [4.69, 9.17) is 0 Å². The van der Waals surface area contributed by atoms with Gasteiger partial charge in [0.1, 0.15) is 0 Å². The molecule has 0 spiro atoms. The first-order valence-electron chi connectivity index (χ1n) is 8.78. The molecule has 1 N–H and O–H groups in total. The van der Waals surface area contributed by atoms with Gasteiger partial charge in [0.25, 0.3) is 0 Å². The maximum Gasteiger partial charge on any atom is 0.0449 e. The predicted octanol–water partition coefficient (Wildman–Crippen LogP) is 4.30. The zero-order valence-electron chi connectivity index (χ0n) is 14.1. The van der Waals surface area contributed by atoms with Crippen molar-refractivity contribution in [2.75, 3.05) is 19.6 Å². The third-order valence-electron chi connectivity index (χ3n) is 4.82. The van der Waals surface area contributed by atoms with Crippen LogP contribution >= 0.6 is 0 Å². The van der Waals surface area contributed by atoms with Crippen molar-refractivity contribution in [3.63, 3.8) is 0 Å². The molecule has 2 atom stereocenters. The molecule has 1 aromatic carbocycles. The number of hydrogen-bond acceptors (Lipinski definition) is 2. The lowest BCUT2D eigenvalue weighted by Crippen LogP contribution is -2.41. The summed E-state index contributed by atoms with van der Waals surface area (Å²) < 4.78 is 0. The Morgan fingerprint density at radius 3 is 2.57 bits per heavy atom. The van der Waals surface area contributed by atoms with Crippen molar-refractivity contribution in [3.05, 3.63) is 35.4 Å². The average Bonchev–Trinajstić information content (AvgIpc) is 2.72. The fraction of sp³-hybridized carbons (Fsp3) is 0.684. The topological polar surface area (TPSA) is 15.3 Å². The van der Waals surface area contributed by atoms with Gasteiger partial charge in [-0.2, -0.15) is 0 Å². The zero-order valence-corrected chi connectivity index (χ0v) is 14.1. The van der Waals surface area contributed by atoms with Crippen LogP contribution in [0.2, 0.25) is 0 Å². The predicted molar refractivity (Wildman–Crippen MR) is 91.7 cm³/mol. The molecule has 1 aliphatic heterocycles. The van der Waals surface area contributed by atoms with Crippen LogP contribution in [0.15, 0.2) is 24.3 Å². The molecule has 0 saturated carbocycles. The quantitative estimate of drug-likeness (QED) is 0.839. The van der Waals surface area contributed by atoms with Crippen LogP contribution in [0.25, 0.3) is 0 Å². The number of benzene rings is 1. The molecule has 1 aromatic rings. The first kappa shape index (κ1) is 16.5. The minimum absolute atomic E-state index is 0.461. The van der Waals surface area contributed by atoms with Crippen LogP contribution in [0.5, 0.6) is 0 Å². The molecular weight excluding hydrogens is 256 g/mol. The van der Waals surface area contributed by atoms with E-state index in [9.17, 15) is 0 Å². The van der Waals surface area contributed by atoms with Crippen LogP contribution < -0.4 is 5.32 Å². The lowest BCUT2D eigenvalue weighted by Gasteiger charge is -2.33. The van der Waals surface area contributed by atoms with Gasteiger partial charge in [-0.1, -0.05) is 56.5 Å². The van der Waals surface area contributed by atoms with E-state index >= 15 is 0 Å². The maximum absolute atomic E-state index is 3.69. The lowest BCUT2D eigenvalue weighted by atomic mass is 10.0. The van der Waals surface area contributed by atoms with Crippen molar-refractivity contribution in [1.82, 2.24) is 10.2 Å². The molecule has 0 aromatic heterocycles. The molecule has 2 heteroatoms. The molecule has 1 heterocycles. The summed E-state index contributed by atoms with van der Waals surface area (Å²) in [6, 6.07) is 10.3. The summed E-state index contributed by atoms with van der Waals surface area (Å²) in [5.74, 6) is 0. The third-order valence-corrected chi connectivity index (χ3v) is 4.82. The third kappa shape index (κ3) is 4.82. The minimum Gasteiger partial charge on any atom is -0.309 e. The summed E-state index contributed by atoms with van der Waals surface area (Å²) in [6.07, 6.45) is 6.84. The lowest BCUT2D eigenvalue weighted by molar-refractivity contribution is 0.174. The highest BCUT2D eigenvalue weighted by Crippen LogP contribution is 2.23. The van der Waals surface area contributed by atoms with Crippen LogP contribution in [0.1, 0.15) is 63.1 Å². The van der Waals surface area contributed by atoms with Gasteiger partial charge < -0.3 is 5.32 Å². The Morgan fingerprint density at radius 1 is 1.14 bits per heavy atom. The van der Waals surface area contributed by atoms with Gasteiger partial charge >= 0.3 is 0 Å². The molecule has 118 valence electrons. The highest BCUT2D eigenvalue weighted by Gasteiger charge is 2.22. The molecule has 2 rings (SSSR count). The number of likely N-dealkylation sites (N-methyl/N-ethyl adjacent to an activating group) is 1. The molecule has 1 saturated heterocycles. The van der Waals surface area contributed by atoms with Gasteiger partial charge in [0, 0.05) is 18.6 Å². The van der Waals surface area contributed by atoms with Crippen LogP contribution in [0.4, 0.5) is 0 Å². The Balaban J connectivity index is 2.08. The summed E-state index contributed by atoms with van der Waals surface area (Å²) in [4.78, 5) is 2.74. The van der Waals surface area contributed by atoms with Crippen molar-refractivity contribution >= 4 is 0 Å². The van der Waals surface area contributed by atoms with Crippen LogP contribution in [0.3, 0.4) is 0 Å². The fourth-order valence-corrected chi connectivity index (χ4v) is 3.51. The summed E-state index contributed by atoms with van der Waals surface area (Å²) >= 11 is 0. The number of nitrogens with zero attached hydrogens (tertiary/aromatic N) is 1. The molecule has 2 unspecified atom stereocenters. The van der Waals surface area contributed by atoms with E-state index in [1.807, 2.05) is 0 Å². The van der Waals surface area contributed by atoms with Crippen molar-refractivity contribution < 1.29 is 0 Å². The van der Waals surface area contributed by atoms with Crippen molar-refractivity contribution in [3.8, 4) is 0 Å². The molecule has 21 heavy (non-hydrogen) atoms. The van der Waals surface area contributed by atoms with Crippen LogP contribution in [-0.2, 0) is 0 Å². The van der Waals surface area contributed by atoms with E-state index in [1.54, 1.807) is 0 Å². The highest BCUT2D eigenvalue weighted by atomic mass is 15.2. The van der Waals surface area contributed by atoms with Gasteiger partial charge in [0.05, 0.1) is 0 Å². The SMILES string of the molecule is CCNC(CN1CCCCCC1CC)c1ccc(C)cc1. The fourth-order valence-electron chi connectivity index (χ4n) is 3.51.